The lowest BCUT2D eigenvalue weighted by atomic mass is 10.4. The molecule has 1 amide bonds. The number of rotatable bonds is 5. The SMILES string of the molecule is CCN(CC)C(=O)Cn1ccn(C(C)C)c1=O. The van der Waals surface area contributed by atoms with Crippen LogP contribution in [-0.4, -0.2) is 33.0 Å². The first-order valence-corrected chi connectivity index (χ1v) is 6.06. The van der Waals surface area contributed by atoms with Gasteiger partial charge in [-0.25, -0.2) is 4.79 Å². The Labute approximate surface area is 102 Å². The summed E-state index contributed by atoms with van der Waals surface area (Å²) in [6, 6.07) is 0.118. The second-order valence-corrected chi connectivity index (χ2v) is 4.28. The van der Waals surface area contributed by atoms with Crippen molar-refractivity contribution in [1.29, 1.82) is 0 Å². The minimum absolute atomic E-state index is 0.0152. The van der Waals surface area contributed by atoms with Crippen molar-refractivity contribution in [1.82, 2.24) is 14.0 Å². The number of aromatic nitrogens is 2. The van der Waals surface area contributed by atoms with Crippen LogP contribution in [0.1, 0.15) is 33.7 Å². The van der Waals surface area contributed by atoms with E-state index in [1.807, 2.05) is 27.7 Å². The van der Waals surface area contributed by atoms with Crippen molar-refractivity contribution in [3.63, 3.8) is 0 Å². The van der Waals surface area contributed by atoms with Crippen LogP contribution in [0.15, 0.2) is 17.2 Å². The Morgan fingerprint density at radius 2 is 1.88 bits per heavy atom. The highest BCUT2D eigenvalue weighted by molar-refractivity contribution is 5.75. The molecular weight excluding hydrogens is 218 g/mol. The van der Waals surface area contributed by atoms with Gasteiger partial charge in [-0.1, -0.05) is 0 Å². The third-order valence-corrected chi connectivity index (χ3v) is 2.85. The molecule has 0 bridgehead atoms. The summed E-state index contributed by atoms with van der Waals surface area (Å²) in [6.45, 7) is 9.23. The van der Waals surface area contributed by atoms with Gasteiger partial charge < -0.3 is 4.90 Å². The maximum atomic E-state index is 11.9. The molecule has 1 aromatic rings. The number of likely N-dealkylation sites (N-methyl/N-ethyl adjacent to an activating group) is 1. The van der Waals surface area contributed by atoms with E-state index in [1.165, 1.54) is 4.57 Å². The first-order chi connectivity index (χ1) is 8.01. The summed E-state index contributed by atoms with van der Waals surface area (Å²) in [5, 5.41) is 0. The zero-order valence-electron chi connectivity index (χ0n) is 11.0. The molecule has 0 aliphatic rings. The second kappa shape index (κ2) is 5.70. The van der Waals surface area contributed by atoms with E-state index in [0.717, 1.165) is 0 Å². The summed E-state index contributed by atoms with van der Waals surface area (Å²) in [6.07, 6.45) is 3.40. The fourth-order valence-electron chi connectivity index (χ4n) is 1.76. The zero-order valence-corrected chi connectivity index (χ0v) is 11.0. The number of carbonyl (C=O) groups is 1. The zero-order chi connectivity index (χ0) is 13.0. The average Bonchev–Trinajstić information content (AvgIpc) is 2.62. The van der Waals surface area contributed by atoms with E-state index in [0.29, 0.717) is 13.1 Å². The molecule has 1 aromatic heterocycles. The highest BCUT2D eigenvalue weighted by Gasteiger charge is 2.13. The normalized spacial score (nSPS) is 10.9. The molecule has 5 heteroatoms. The van der Waals surface area contributed by atoms with E-state index in [4.69, 9.17) is 0 Å². The van der Waals surface area contributed by atoms with Gasteiger partial charge >= 0.3 is 5.69 Å². The molecule has 1 heterocycles. The Morgan fingerprint density at radius 1 is 1.29 bits per heavy atom. The Morgan fingerprint density at radius 3 is 2.29 bits per heavy atom. The highest BCUT2D eigenvalue weighted by Crippen LogP contribution is 2.00. The van der Waals surface area contributed by atoms with Gasteiger partial charge in [-0.3, -0.25) is 13.9 Å². The summed E-state index contributed by atoms with van der Waals surface area (Å²) >= 11 is 0. The smallest absolute Gasteiger partial charge is 0.328 e. The first-order valence-electron chi connectivity index (χ1n) is 6.06. The molecule has 0 N–H and O–H groups in total. The van der Waals surface area contributed by atoms with Crippen LogP contribution in [0, 0.1) is 0 Å². The molecule has 96 valence electrons. The molecule has 0 aliphatic carbocycles. The summed E-state index contributed by atoms with van der Waals surface area (Å²) < 4.78 is 3.08. The third kappa shape index (κ3) is 2.99. The van der Waals surface area contributed by atoms with E-state index < -0.39 is 0 Å². The fourth-order valence-corrected chi connectivity index (χ4v) is 1.76. The van der Waals surface area contributed by atoms with Crippen molar-refractivity contribution in [2.45, 2.75) is 40.3 Å². The van der Waals surface area contributed by atoms with Crippen LogP contribution in [0.25, 0.3) is 0 Å². The molecule has 0 aromatic carbocycles. The van der Waals surface area contributed by atoms with Crippen molar-refractivity contribution in [2.75, 3.05) is 13.1 Å². The number of amides is 1. The van der Waals surface area contributed by atoms with Crippen molar-refractivity contribution in [3.05, 3.63) is 22.9 Å². The molecule has 0 atom stereocenters. The topological polar surface area (TPSA) is 47.2 Å². The van der Waals surface area contributed by atoms with Crippen LogP contribution in [0.3, 0.4) is 0 Å². The number of nitrogens with zero attached hydrogens (tertiary/aromatic N) is 3. The lowest BCUT2D eigenvalue weighted by Crippen LogP contribution is -2.36. The van der Waals surface area contributed by atoms with Gasteiger partial charge in [0.15, 0.2) is 0 Å². The van der Waals surface area contributed by atoms with Crippen LogP contribution >= 0.6 is 0 Å². The van der Waals surface area contributed by atoms with Gasteiger partial charge in [-0.2, -0.15) is 0 Å². The fraction of sp³-hybridized carbons (Fsp3) is 0.667. The molecule has 1 rings (SSSR count). The summed E-state index contributed by atoms with van der Waals surface area (Å²) in [5.74, 6) is -0.0152. The molecular formula is C12H21N3O2. The number of hydrogen-bond acceptors (Lipinski definition) is 2. The maximum Gasteiger partial charge on any atom is 0.328 e. The average molecular weight is 239 g/mol. The van der Waals surface area contributed by atoms with E-state index in [2.05, 4.69) is 0 Å². The molecule has 0 spiro atoms. The van der Waals surface area contributed by atoms with Crippen LogP contribution in [0.4, 0.5) is 0 Å². The lowest BCUT2D eigenvalue weighted by molar-refractivity contribution is -0.131. The molecule has 0 radical (unpaired) electrons. The minimum Gasteiger partial charge on any atom is -0.342 e. The number of hydrogen-bond donors (Lipinski definition) is 0. The predicted molar refractivity (Wildman–Crippen MR) is 67.0 cm³/mol. The molecule has 0 aliphatic heterocycles. The van der Waals surface area contributed by atoms with Crippen molar-refractivity contribution < 1.29 is 4.79 Å². The van der Waals surface area contributed by atoms with E-state index in [9.17, 15) is 9.59 Å². The van der Waals surface area contributed by atoms with Gasteiger partial charge in [-0.15, -0.1) is 0 Å². The largest absolute Gasteiger partial charge is 0.342 e. The van der Waals surface area contributed by atoms with Gasteiger partial charge in [0.2, 0.25) is 5.91 Å². The Balaban J connectivity index is 2.83. The predicted octanol–water partition coefficient (Wildman–Crippen LogP) is 1.10. The number of carbonyl (C=O) groups excluding carboxylic acids is 1. The van der Waals surface area contributed by atoms with Gasteiger partial charge in [0.25, 0.3) is 0 Å². The Bertz CT molecular complexity index is 427. The van der Waals surface area contributed by atoms with Crippen LogP contribution in [-0.2, 0) is 11.3 Å². The third-order valence-electron chi connectivity index (χ3n) is 2.85. The summed E-state index contributed by atoms with van der Waals surface area (Å²) in [4.78, 5) is 25.5. The Hall–Kier alpha value is -1.52. The van der Waals surface area contributed by atoms with Crippen LogP contribution < -0.4 is 5.69 Å². The number of imidazole rings is 1. The summed E-state index contributed by atoms with van der Waals surface area (Å²) in [5.41, 5.74) is -0.125. The van der Waals surface area contributed by atoms with Crippen LogP contribution in [0.5, 0.6) is 0 Å². The van der Waals surface area contributed by atoms with E-state index >= 15 is 0 Å². The molecule has 0 saturated carbocycles. The molecule has 17 heavy (non-hydrogen) atoms. The standard InChI is InChI=1S/C12H21N3O2/c1-5-13(6-2)11(16)9-14-7-8-15(10(3)4)12(14)17/h7-8,10H,5-6,9H2,1-4H3. The van der Waals surface area contributed by atoms with Gasteiger partial charge in [0, 0.05) is 31.5 Å². The summed E-state index contributed by atoms with van der Waals surface area (Å²) in [7, 11) is 0. The molecule has 5 nitrogen and oxygen atoms in total. The van der Waals surface area contributed by atoms with E-state index in [1.54, 1.807) is 21.9 Å². The minimum atomic E-state index is -0.125. The lowest BCUT2D eigenvalue weighted by Gasteiger charge is -2.18. The quantitative estimate of drug-likeness (QED) is 0.772. The first kappa shape index (κ1) is 13.5. The van der Waals surface area contributed by atoms with E-state index in [-0.39, 0.29) is 24.2 Å². The molecule has 0 saturated heterocycles. The van der Waals surface area contributed by atoms with Crippen LogP contribution in [0.2, 0.25) is 0 Å². The van der Waals surface area contributed by atoms with Crippen molar-refractivity contribution in [3.8, 4) is 0 Å². The second-order valence-electron chi connectivity index (χ2n) is 4.28. The monoisotopic (exact) mass is 239 g/mol. The van der Waals surface area contributed by atoms with Crippen molar-refractivity contribution in [2.24, 2.45) is 0 Å². The van der Waals surface area contributed by atoms with Gasteiger partial charge in [-0.05, 0) is 27.7 Å². The maximum absolute atomic E-state index is 11.9. The highest BCUT2D eigenvalue weighted by atomic mass is 16.2. The molecule has 0 unspecified atom stereocenters. The Kier molecular flexibility index (Phi) is 4.54. The van der Waals surface area contributed by atoms with Gasteiger partial charge in [0.05, 0.1) is 0 Å². The van der Waals surface area contributed by atoms with Crippen molar-refractivity contribution >= 4 is 5.91 Å². The molecule has 0 fully saturated rings. The van der Waals surface area contributed by atoms with Gasteiger partial charge in [0.1, 0.15) is 6.54 Å².